The Bertz CT molecular complexity index is 549. The average molecular weight is 282 g/mol. The molecular weight excluding hydrogens is 269 g/mol. The summed E-state index contributed by atoms with van der Waals surface area (Å²) in [5.74, 6) is 0.179. The number of hydrogen-bond acceptors (Lipinski definition) is 2. The lowest BCUT2D eigenvalue weighted by atomic mass is 10.2. The molecule has 2 aromatic carbocycles. The molecule has 0 spiro atoms. The molecule has 0 fully saturated rings. The van der Waals surface area contributed by atoms with Gasteiger partial charge in [0.25, 0.3) is 0 Å². The number of halogens is 2. The van der Waals surface area contributed by atoms with Gasteiger partial charge >= 0.3 is 0 Å². The average Bonchev–Trinajstić information content (AvgIpc) is 2.33. The molecule has 94 valence electrons. The molecule has 0 amide bonds. The number of anilines is 1. The van der Waals surface area contributed by atoms with Crippen LogP contribution in [0.3, 0.4) is 0 Å². The lowest BCUT2D eigenvalue weighted by Crippen LogP contribution is -2.01. The van der Waals surface area contributed by atoms with Crippen molar-refractivity contribution in [3.8, 4) is 5.75 Å². The van der Waals surface area contributed by atoms with Crippen LogP contribution in [0, 0.1) is 6.92 Å². The fourth-order valence-electron chi connectivity index (χ4n) is 1.69. The predicted octanol–water partition coefficient (Wildman–Crippen LogP) is 4.62. The number of rotatable bonds is 3. The molecule has 2 rings (SSSR count). The highest BCUT2D eigenvalue weighted by molar-refractivity contribution is 6.34. The first kappa shape index (κ1) is 13.1. The van der Waals surface area contributed by atoms with Crippen LogP contribution in [0.1, 0.15) is 11.1 Å². The van der Waals surface area contributed by atoms with Crippen molar-refractivity contribution in [3.63, 3.8) is 0 Å². The van der Waals surface area contributed by atoms with Crippen LogP contribution in [0.15, 0.2) is 36.4 Å². The number of aryl methyl sites for hydroxylation is 1. The maximum Gasteiger partial charge on any atom is 0.122 e. The number of nitrogens with one attached hydrogen (secondary N) is 1. The van der Waals surface area contributed by atoms with Crippen molar-refractivity contribution >= 4 is 28.9 Å². The van der Waals surface area contributed by atoms with E-state index in [-0.39, 0.29) is 5.75 Å². The third kappa shape index (κ3) is 2.71. The van der Waals surface area contributed by atoms with Crippen molar-refractivity contribution in [2.75, 3.05) is 5.32 Å². The van der Waals surface area contributed by atoms with Gasteiger partial charge in [-0.05, 0) is 30.7 Å². The Labute approximate surface area is 116 Å². The molecule has 0 saturated carbocycles. The minimum atomic E-state index is 0.179. The topological polar surface area (TPSA) is 32.3 Å². The Hall–Kier alpha value is -1.38. The molecule has 2 aromatic rings. The van der Waals surface area contributed by atoms with Gasteiger partial charge in [-0.25, -0.2) is 0 Å². The zero-order chi connectivity index (χ0) is 13.1. The molecule has 0 aromatic heterocycles. The van der Waals surface area contributed by atoms with E-state index in [2.05, 4.69) is 5.32 Å². The van der Waals surface area contributed by atoms with Crippen molar-refractivity contribution in [1.82, 2.24) is 0 Å². The van der Waals surface area contributed by atoms with Gasteiger partial charge in [0.15, 0.2) is 0 Å². The van der Waals surface area contributed by atoms with Crippen molar-refractivity contribution in [2.24, 2.45) is 0 Å². The van der Waals surface area contributed by atoms with E-state index in [1.807, 2.05) is 25.1 Å². The monoisotopic (exact) mass is 281 g/mol. The van der Waals surface area contributed by atoms with Crippen LogP contribution in [0.4, 0.5) is 5.69 Å². The lowest BCUT2D eigenvalue weighted by Gasteiger charge is -2.12. The van der Waals surface area contributed by atoms with Crippen LogP contribution >= 0.6 is 23.2 Å². The second kappa shape index (κ2) is 5.51. The second-order valence-electron chi connectivity index (χ2n) is 4.03. The van der Waals surface area contributed by atoms with Crippen LogP contribution < -0.4 is 5.32 Å². The number of benzene rings is 2. The summed E-state index contributed by atoms with van der Waals surface area (Å²) in [6.07, 6.45) is 0. The largest absolute Gasteiger partial charge is 0.508 e. The molecule has 0 aliphatic rings. The third-order valence-corrected chi connectivity index (χ3v) is 3.60. The molecule has 0 radical (unpaired) electrons. The van der Waals surface area contributed by atoms with Gasteiger partial charge in [-0.15, -0.1) is 0 Å². The molecule has 0 bridgehead atoms. The lowest BCUT2D eigenvalue weighted by molar-refractivity contribution is 0.469. The molecule has 18 heavy (non-hydrogen) atoms. The van der Waals surface area contributed by atoms with E-state index in [1.54, 1.807) is 18.2 Å². The van der Waals surface area contributed by atoms with Crippen LogP contribution in [0.5, 0.6) is 5.75 Å². The van der Waals surface area contributed by atoms with Gasteiger partial charge in [-0.1, -0.05) is 41.4 Å². The normalized spacial score (nSPS) is 10.4. The summed E-state index contributed by atoms with van der Waals surface area (Å²) in [4.78, 5) is 0. The molecule has 2 nitrogen and oxygen atoms in total. The summed E-state index contributed by atoms with van der Waals surface area (Å²) in [6, 6.07) is 10.8. The molecule has 0 saturated heterocycles. The maximum absolute atomic E-state index is 9.74. The fourth-order valence-corrected chi connectivity index (χ4v) is 2.12. The number of phenols is 1. The van der Waals surface area contributed by atoms with Gasteiger partial charge in [-0.3, -0.25) is 0 Å². The number of phenolic OH excluding ortho intramolecular Hbond substituents is 1. The summed E-state index contributed by atoms with van der Waals surface area (Å²) in [7, 11) is 0. The van der Waals surface area contributed by atoms with Gasteiger partial charge < -0.3 is 10.4 Å². The maximum atomic E-state index is 9.74. The highest BCUT2D eigenvalue weighted by Gasteiger charge is 2.07. The molecule has 0 aliphatic heterocycles. The van der Waals surface area contributed by atoms with E-state index in [0.717, 1.165) is 11.3 Å². The Balaban J connectivity index is 2.19. The first-order valence-electron chi connectivity index (χ1n) is 5.55. The summed E-state index contributed by atoms with van der Waals surface area (Å²) in [5.41, 5.74) is 2.50. The molecule has 0 atom stereocenters. The van der Waals surface area contributed by atoms with Gasteiger partial charge in [0.05, 0.1) is 10.7 Å². The van der Waals surface area contributed by atoms with E-state index >= 15 is 0 Å². The number of aromatic hydroxyl groups is 1. The summed E-state index contributed by atoms with van der Waals surface area (Å²) < 4.78 is 0. The Morgan fingerprint density at radius 1 is 1.11 bits per heavy atom. The van der Waals surface area contributed by atoms with Crippen LogP contribution in [-0.2, 0) is 6.54 Å². The zero-order valence-electron chi connectivity index (χ0n) is 9.87. The molecule has 0 aliphatic carbocycles. The van der Waals surface area contributed by atoms with Crippen LogP contribution in [0.25, 0.3) is 0 Å². The quantitative estimate of drug-likeness (QED) is 0.861. The Morgan fingerprint density at radius 3 is 2.56 bits per heavy atom. The Kier molecular flexibility index (Phi) is 4.00. The van der Waals surface area contributed by atoms with E-state index < -0.39 is 0 Å². The van der Waals surface area contributed by atoms with E-state index in [0.29, 0.717) is 22.2 Å². The first-order chi connectivity index (χ1) is 8.59. The third-order valence-electron chi connectivity index (χ3n) is 2.74. The first-order valence-corrected chi connectivity index (χ1v) is 6.30. The fraction of sp³-hybridized carbons (Fsp3) is 0.143. The zero-order valence-corrected chi connectivity index (χ0v) is 11.4. The van der Waals surface area contributed by atoms with Gasteiger partial charge in [0, 0.05) is 17.1 Å². The van der Waals surface area contributed by atoms with E-state index in [9.17, 15) is 5.11 Å². The van der Waals surface area contributed by atoms with Crippen LogP contribution in [0.2, 0.25) is 10.0 Å². The minimum Gasteiger partial charge on any atom is -0.508 e. The smallest absolute Gasteiger partial charge is 0.122 e. The molecule has 4 heteroatoms. The van der Waals surface area contributed by atoms with E-state index in [1.165, 1.54) is 0 Å². The molecule has 0 unspecified atom stereocenters. The molecule has 0 heterocycles. The summed E-state index contributed by atoms with van der Waals surface area (Å²) in [6.45, 7) is 2.37. The van der Waals surface area contributed by atoms with Gasteiger partial charge in [0.1, 0.15) is 5.75 Å². The van der Waals surface area contributed by atoms with Gasteiger partial charge in [0.2, 0.25) is 0 Å². The summed E-state index contributed by atoms with van der Waals surface area (Å²) in [5, 5.41) is 14.1. The van der Waals surface area contributed by atoms with Crippen LogP contribution in [-0.4, -0.2) is 5.11 Å². The van der Waals surface area contributed by atoms with Crippen molar-refractivity contribution in [2.45, 2.75) is 13.5 Å². The Morgan fingerprint density at radius 2 is 1.83 bits per heavy atom. The van der Waals surface area contributed by atoms with E-state index in [4.69, 9.17) is 23.2 Å². The number of hydrogen-bond donors (Lipinski definition) is 2. The molecular formula is C14H13Cl2NO. The van der Waals surface area contributed by atoms with Crippen molar-refractivity contribution in [1.29, 1.82) is 0 Å². The summed E-state index contributed by atoms with van der Waals surface area (Å²) >= 11 is 12.2. The minimum absolute atomic E-state index is 0.179. The van der Waals surface area contributed by atoms with Crippen molar-refractivity contribution in [3.05, 3.63) is 57.6 Å². The molecule has 2 N–H and O–H groups in total. The van der Waals surface area contributed by atoms with Crippen molar-refractivity contribution < 1.29 is 5.11 Å². The highest BCUT2D eigenvalue weighted by Crippen LogP contribution is 2.29. The second-order valence-corrected chi connectivity index (χ2v) is 4.81. The predicted molar refractivity (Wildman–Crippen MR) is 76.6 cm³/mol. The standard InChI is InChI=1S/C14H13Cl2NO/c1-9-4-2-6-12(14(9)16)17-8-10-11(15)5-3-7-13(10)18/h2-7,17-18H,8H2,1H3. The highest BCUT2D eigenvalue weighted by atomic mass is 35.5. The SMILES string of the molecule is Cc1cccc(NCc2c(O)cccc2Cl)c1Cl. The van der Waals surface area contributed by atoms with Gasteiger partial charge in [-0.2, -0.15) is 0 Å².